The third-order valence-corrected chi connectivity index (χ3v) is 3.02. The van der Waals surface area contributed by atoms with Crippen LogP contribution in [-0.4, -0.2) is 48.2 Å². The second kappa shape index (κ2) is 8.97. The van der Waals surface area contributed by atoms with E-state index in [-0.39, 0.29) is 0 Å². The molecule has 0 aliphatic heterocycles. The van der Waals surface area contributed by atoms with Crippen LogP contribution in [0.4, 0.5) is 4.79 Å². The van der Waals surface area contributed by atoms with Gasteiger partial charge in [0.25, 0.3) is 0 Å². The molecule has 0 aliphatic rings. The van der Waals surface area contributed by atoms with Crippen molar-refractivity contribution in [2.75, 3.05) is 20.1 Å². The van der Waals surface area contributed by atoms with Crippen molar-refractivity contribution in [3.8, 4) is 0 Å². The van der Waals surface area contributed by atoms with Crippen molar-refractivity contribution in [2.45, 2.75) is 25.9 Å². The number of hydrogen-bond donors (Lipinski definition) is 3. The number of rotatable bonds is 8. The van der Waals surface area contributed by atoms with Crippen LogP contribution in [0.15, 0.2) is 30.3 Å². The van der Waals surface area contributed by atoms with Crippen LogP contribution in [0.25, 0.3) is 0 Å². The molecule has 6 nitrogen and oxygen atoms in total. The molecule has 0 bridgehead atoms. The Morgan fingerprint density at radius 3 is 2.57 bits per heavy atom. The fourth-order valence-electron chi connectivity index (χ4n) is 1.83. The molecular formula is C15H23N3O3. The lowest BCUT2D eigenvalue weighted by Crippen LogP contribution is -2.44. The molecule has 1 aromatic carbocycles. The van der Waals surface area contributed by atoms with E-state index in [2.05, 4.69) is 27.7 Å². The number of carbonyl (C=O) groups excluding carboxylic acids is 1. The zero-order valence-electron chi connectivity index (χ0n) is 12.5. The van der Waals surface area contributed by atoms with Crippen molar-refractivity contribution in [1.29, 1.82) is 0 Å². The summed E-state index contributed by atoms with van der Waals surface area (Å²) in [7, 11) is 2.03. The molecule has 0 aliphatic carbocycles. The Balaban J connectivity index is 2.13. The average Bonchev–Trinajstić information content (AvgIpc) is 2.44. The van der Waals surface area contributed by atoms with Gasteiger partial charge in [-0.15, -0.1) is 0 Å². The van der Waals surface area contributed by atoms with Gasteiger partial charge in [0, 0.05) is 13.1 Å². The summed E-state index contributed by atoms with van der Waals surface area (Å²) in [6, 6.07) is 8.84. The molecule has 1 atom stereocenters. The molecule has 0 heterocycles. The molecule has 6 heteroatoms. The summed E-state index contributed by atoms with van der Waals surface area (Å²) < 4.78 is 0. The Labute approximate surface area is 125 Å². The quantitative estimate of drug-likeness (QED) is 0.631. The minimum absolute atomic E-state index is 0.449. The summed E-state index contributed by atoms with van der Waals surface area (Å²) in [6.45, 7) is 3.65. The van der Waals surface area contributed by atoms with Crippen LogP contribution in [0.1, 0.15) is 18.9 Å². The van der Waals surface area contributed by atoms with E-state index in [1.807, 2.05) is 25.2 Å². The minimum Gasteiger partial charge on any atom is -0.480 e. The molecule has 1 aromatic rings. The van der Waals surface area contributed by atoms with Gasteiger partial charge in [0.2, 0.25) is 0 Å². The topological polar surface area (TPSA) is 81.7 Å². The highest BCUT2D eigenvalue weighted by Crippen LogP contribution is 2.02. The van der Waals surface area contributed by atoms with Gasteiger partial charge in [0.1, 0.15) is 6.04 Å². The molecule has 0 saturated heterocycles. The van der Waals surface area contributed by atoms with Crippen molar-refractivity contribution in [3.05, 3.63) is 35.9 Å². The third kappa shape index (κ3) is 7.31. The summed E-state index contributed by atoms with van der Waals surface area (Å²) in [5.41, 5.74) is 1.25. The predicted octanol–water partition coefficient (Wildman–Crippen LogP) is 1.28. The van der Waals surface area contributed by atoms with E-state index in [4.69, 9.17) is 5.11 Å². The normalized spacial score (nSPS) is 12.0. The van der Waals surface area contributed by atoms with Gasteiger partial charge < -0.3 is 20.6 Å². The van der Waals surface area contributed by atoms with Crippen molar-refractivity contribution in [1.82, 2.24) is 15.5 Å². The van der Waals surface area contributed by atoms with Crippen molar-refractivity contribution in [3.63, 3.8) is 0 Å². The van der Waals surface area contributed by atoms with Gasteiger partial charge in [0.05, 0.1) is 0 Å². The Morgan fingerprint density at radius 2 is 1.95 bits per heavy atom. The number of nitrogens with one attached hydrogen (secondary N) is 2. The largest absolute Gasteiger partial charge is 0.480 e. The van der Waals surface area contributed by atoms with Crippen LogP contribution in [-0.2, 0) is 11.3 Å². The van der Waals surface area contributed by atoms with Crippen LogP contribution in [0.3, 0.4) is 0 Å². The number of carbonyl (C=O) groups is 2. The van der Waals surface area contributed by atoms with Gasteiger partial charge in [-0.25, -0.2) is 4.79 Å². The number of urea groups is 1. The summed E-state index contributed by atoms with van der Waals surface area (Å²) in [6.07, 6.45) is 0.804. The zero-order valence-corrected chi connectivity index (χ0v) is 12.5. The zero-order chi connectivity index (χ0) is 15.7. The lowest BCUT2D eigenvalue weighted by Gasteiger charge is -2.17. The second-order valence-corrected chi connectivity index (χ2v) is 5.04. The molecule has 21 heavy (non-hydrogen) atoms. The number of benzene rings is 1. The number of nitrogens with zero attached hydrogens (tertiary/aromatic N) is 1. The third-order valence-electron chi connectivity index (χ3n) is 3.02. The minimum atomic E-state index is -1.05. The summed E-state index contributed by atoms with van der Waals surface area (Å²) >= 11 is 0. The van der Waals surface area contributed by atoms with Gasteiger partial charge in [-0.1, -0.05) is 30.3 Å². The van der Waals surface area contributed by atoms with Crippen molar-refractivity contribution >= 4 is 12.0 Å². The maximum Gasteiger partial charge on any atom is 0.325 e. The van der Waals surface area contributed by atoms with Gasteiger partial charge >= 0.3 is 12.0 Å². The van der Waals surface area contributed by atoms with E-state index in [9.17, 15) is 9.59 Å². The molecule has 0 unspecified atom stereocenters. The van der Waals surface area contributed by atoms with E-state index in [1.165, 1.54) is 12.5 Å². The lowest BCUT2D eigenvalue weighted by atomic mass is 10.2. The highest BCUT2D eigenvalue weighted by atomic mass is 16.4. The molecule has 3 N–H and O–H groups in total. The molecular weight excluding hydrogens is 270 g/mol. The highest BCUT2D eigenvalue weighted by molar-refractivity contribution is 5.82. The molecule has 0 spiro atoms. The highest BCUT2D eigenvalue weighted by Gasteiger charge is 2.12. The second-order valence-electron chi connectivity index (χ2n) is 5.04. The maximum atomic E-state index is 11.4. The monoisotopic (exact) mass is 293 g/mol. The molecule has 0 radical (unpaired) electrons. The summed E-state index contributed by atoms with van der Waals surface area (Å²) in [5.74, 6) is -1.05. The van der Waals surface area contributed by atoms with Gasteiger partial charge in [0.15, 0.2) is 0 Å². The molecule has 0 aromatic heterocycles. The molecule has 2 amide bonds. The average molecular weight is 293 g/mol. The standard InChI is InChI=1S/C15H23N3O3/c1-12(14(19)20)17-15(21)16-9-6-10-18(2)11-13-7-4-3-5-8-13/h3-5,7-8,12H,6,9-11H2,1-2H3,(H,19,20)(H2,16,17,21)/t12-/m1/s1. The van der Waals surface area contributed by atoms with E-state index in [0.717, 1.165) is 19.5 Å². The number of amides is 2. The first kappa shape index (κ1) is 17.0. The summed E-state index contributed by atoms with van der Waals surface area (Å²) in [4.78, 5) is 24.1. The Bertz CT molecular complexity index is 451. The SMILES string of the molecule is C[C@@H](NC(=O)NCCCN(C)Cc1ccccc1)C(=O)O. The maximum absolute atomic E-state index is 11.4. The van der Waals surface area contributed by atoms with E-state index >= 15 is 0 Å². The Hall–Kier alpha value is -2.08. The Morgan fingerprint density at radius 1 is 1.29 bits per heavy atom. The van der Waals surface area contributed by atoms with Gasteiger partial charge in [-0.05, 0) is 32.5 Å². The summed E-state index contributed by atoms with van der Waals surface area (Å²) in [5, 5.41) is 13.7. The van der Waals surface area contributed by atoms with Crippen LogP contribution in [0.2, 0.25) is 0 Å². The number of hydrogen-bond acceptors (Lipinski definition) is 3. The van der Waals surface area contributed by atoms with E-state index < -0.39 is 18.0 Å². The molecule has 1 rings (SSSR count). The van der Waals surface area contributed by atoms with Crippen LogP contribution >= 0.6 is 0 Å². The number of aliphatic carboxylic acids is 1. The fourth-order valence-corrected chi connectivity index (χ4v) is 1.83. The number of carboxylic acids is 1. The van der Waals surface area contributed by atoms with E-state index in [1.54, 1.807) is 0 Å². The fraction of sp³-hybridized carbons (Fsp3) is 0.467. The molecule has 0 fully saturated rings. The van der Waals surface area contributed by atoms with Crippen molar-refractivity contribution in [2.24, 2.45) is 0 Å². The van der Waals surface area contributed by atoms with Crippen LogP contribution < -0.4 is 10.6 Å². The Kier molecular flexibility index (Phi) is 7.25. The van der Waals surface area contributed by atoms with Crippen LogP contribution in [0, 0.1) is 0 Å². The van der Waals surface area contributed by atoms with Gasteiger partial charge in [-0.3, -0.25) is 4.79 Å². The molecule has 0 saturated carbocycles. The molecule has 116 valence electrons. The smallest absolute Gasteiger partial charge is 0.325 e. The number of carboxylic acid groups (broad SMARTS) is 1. The predicted molar refractivity (Wildman–Crippen MR) is 81.0 cm³/mol. The first-order valence-electron chi connectivity index (χ1n) is 6.98. The van der Waals surface area contributed by atoms with Gasteiger partial charge in [-0.2, -0.15) is 0 Å². The first-order chi connectivity index (χ1) is 9.99. The van der Waals surface area contributed by atoms with Crippen LogP contribution in [0.5, 0.6) is 0 Å². The first-order valence-corrected chi connectivity index (χ1v) is 6.98. The van der Waals surface area contributed by atoms with Crippen molar-refractivity contribution < 1.29 is 14.7 Å². The lowest BCUT2D eigenvalue weighted by molar-refractivity contribution is -0.138. The van der Waals surface area contributed by atoms with E-state index in [0.29, 0.717) is 6.54 Å².